The molecular weight excluding hydrogens is 201 g/mol. The van der Waals surface area contributed by atoms with Gasteiger partial charge >= 0.3 is 0 Å². The molecule has 2 nitrogen and oxygen atoms in total. The average Bonchev–Trinajstić information content (AvgIpc) is 2.47. The van der Waals surface area contributed by atoms with Crippen LogP contribution in [0.3, 0.4) is 0 Å². The van der Waals surface area contributed by atoms with Crippen molar-refractivity contribution in [2.24, 2.45) is 0 Å². The number of amides is 1. The molecule has 2 rings (SSSR count). The zero-order chi connectivity index (χ0) is 10.1. The van der Waals surface area contributed by atoms with Gasteiger partial charge in [-0.1, -0.05) is 0 Å². The van der Waals surface area contributed by atoms with Crippen LogP contribution in [0.5, 0.6) is 0 Å². The van der Waals surface area contributed by atoms with E-state index in [1.807, 2.05) is 0 Å². The number of benzene rings is 1. The number of carbonyl (C=O) groups excluding carboxylic acids is 1. The predicted octanol–water partition coefficient (Wildman–Crippen LogP) is 1.86. The Labute approximate surface area is 87.1 Å². The first-order valence-corrected chi connectivity index (χ1v) is 4.92. The number of nitrogens with zero attached hydrogens (tertiary/aromatic N) is 1. The van der Waals surface area contributed by atoms with Gasteiger partial charge in [-0.2, -0.15) is 12.6 Å². The van der Waals surface area contributed by atoms with Crippen molar-refractivity contribution in [1.29, 1.82) is 0 Å². The molecule has 1 aliphatic rings. The quantitative estimate of drug-likeness (QED) is 0.703. The zero-order valence-electron chi connectivity index (χ0n) is 7.48. The number of hydrogen-bond acceptors (Lipinski definition) is 2. The Morgan fingerprint density at radius 1 is 1.36 bits per heavy atom. The summed E-state index contributed by atoms with van der Waals surface area (Å²) in [6, 6.07) is 5.93. The molecular formula is C10H10FNOS. The fourth-order valence-electron chi connectivity index (χ4n) is 1.56. The van der Waals surface area contributed by atoms with Crippen LogP contribution in [0.25, 0.3) is 0 Å². The first-order chi connectivity index (χ1) is 6.66. The lowest BCUT2D eigenvalue weighted by molar-refractivity contribution is -0.117. The van der Waals surface area contributed by atoms with Gasteiger partial charge < -0.3 is 4.90 Å². The maximum atomic E-state index is 12.6. The Bertz CT molecular complexity index is 352. The molecule has 4 heteroatoms. The van der Waals surface area contributed by atoms with Crippen LogP contribution < -0.4 is 4.90 Å². The smallest absolute Gasteiger partial charge is 0.228 e. The third kappa shape index (κ3) is 1.75. The number of carbonyl (C=O) groups is 1. The molecule has 0 radical (unpaired) electrons. The maximum absolute atomic E-state index is 12.6. The highest BCUT2D eigenvalue weighted by Gasteiger charge is 2.27. The standard InChI is InChI=1S/C10H10FNOS/c11-7-1-3-8(4-2-7)12-6-9(14)5-10(12)13/h1-4,9,14H,5-6H2. The highest BCUT2D eigenvalue weighted by atomic mass is 32.1. The molecule has 1 heterocycles. The lowest BCUT2D eigenvalue weighted by Crippen LogP contribution is -2.24. The summed E-state index contributed by atoms with van der Waals surface area (Å²) in [5, 5.41) is 0.0903. The van der Waals surface area contributed by atoms with Crippen LogP contribution in [0.2, 0.25) is 0 Å². The molecule has 74 valence electrons. The van der Waals surface area contributed by atoms with Crippen molar-refractivity contribution in [2.45, 2.75) is 11.7 Å². The summed E-state index contributed by atoms with van der Waals surface area (Å²) in [6.45, 7) is 0.605. The molecule has 1 aromatic rings. The van der Waals surface area contributed by atoms with E-state index in [1.54, 1.807) is 17.0 Å². The number of thiol groups is 1. The molecule has 0 aliphatic carbocycles. The first kappa shape index (κ1) is 9.52. The van der Waals surface area contributed by atoms with Gasteiger partial charge in [-0.3, -0.25) is 4.79 Å². The molecule has 1 unspecified atom stereocenters. The maximum Gasteiger partial charge on any atom is 0.228 e. The average molecular weight is 211 g/mol. The van der Waals surface area contributed by atoms with E-state index in [-0.39, 0.29) is 17.0 Å². The number of rotatable bonds is 1. The lowest BCUT2D eigenvalue weighted by atomic mass is 10.3. The molecule has 0 bridgehead atoms. The monoisotopic (exact) mass is 211 g/mol. The van der Waals surface area contributed by atoms with Crippen molar-refractivity contribution in [3.8, 4) is 0 Å². The highest BCUT2D eigenvalue weighted by molar-refractivity contribution is 7.81. The van der Waals surface area contributed by atoms with E-state index in [1.165, 1.54) is 12.1 Å². The Morgan fingerprint density at radius 2 is 2.00 bits per heavy atom. The molecule has 1 amide bonds. The largest absolute Gasteiger partial charge is 0.311 e. The van der Waals surface area contributed by atoms with Gasteiger partial charge in [-0.15, -0.1) is 0 Å². The van der Waals surface area contributed by atoms with Crippen molar-refractivity contribution in [2.75, 3.05) is 11.4 Å². The van der Waals surface area contributed by atoms with E-state index in [4.69, 9.17) is 0 Å². The minimum absolute atomic E-state index is 0.0524. The molecule has 14 heavy (non-hydrogen) atoms. The van der Waals surface area contributed by atoms with Gasteiger partial charge in [0.05, 0.1) is 0 Å². The third-order valence-corrected chi connectivity index (χ3v) is 2.59. The Kier molecular flexibility index (Phi) is 2.46. The SMILES string of the molecule is O=C1CC(S)CN1c1ccc(F)cc1. The first-order valence-electron chi connectivity index (χ1n) is 4.41. The predicted molar refractivity (Wildman–Crippen MR) is 56.1 cm³/mol. The zero-order valence-corrected chi connectivity index (χ0v) is 8.38. The third-order valence-electron chi connectivity index (χ3n) is 2.24. The van der Waals surface area contributed by atoms with E-state index in [0.29, 0.717) is 13.0 Å². The van der Waals surface area contributed by atoms with Crippen molar-refractivity contribution in [3.05, 3.63) is 30.1 Å². The van der Waals surface area contributed by atoms with Crippen LogP contribution in [0, 0.1) is 5.82 Å². The summed E-state index contributed by atoms with van der Waals surface area (Å²) in [4.78, 5) is 13.1. The second-order valence-corrected chi connectivity index (χ2v) is 4.07. The van der Waals surface area contributed by atoms with Gasteiger partial charge in [0, 0.05) is 23.9 Å². The molecule has 1 saturated heterocycles. The Hall–Kier alpha value is -1.03. The van der Waals surface area contributed by atoms with Crippen molar-refractivity contribution in [3.63, 3.8) is 0 Å². The second kappa shape index (κ2) is 3.61. The summed E-state index contributed by atoms with van der Waals surface area (Å²) in [5.41, 5.74) is 0.743. The molecule has 0 aromatic heterocycles. The fourth-order valence-corrected chi connectivity index (χ4v) is 1.88. The van der Waals surface area contributed by atoms with E-state index in [9.17, 15) is 9.18 Å². The fraction of sp³-hybridized carbons (Fsp3) is 0.300. The van der Waals surface area contributed by atoms with Crippen LogP contribution in [0.1, 0.15) is 6.42 Å². The molecule has 0 saturated carbocycles. The van der Waals surface area contributed by atoms with Gasteiger partial charge in [-0.25, -0.2) is 4.39 Å². The van der Waals surface area contributed by atoms with E-state index < -0.39 is 0 Å². The Balaban J connectivity index is 2.23. The van der Waals surface area contributed by atoms with Crippen LogP contribution in [-0.2, 0) is 4.79 Å². The van der Waals surface area contributed by atoms with E-state index >= 15 is 0 Å². The summed E-state index contributed by atoms with van der Waals surface area (Å²) in [6.07, 6.45) is 0.459. The summed E-state index contributed by atoms with van der Waals surface area (Å²) in [7, 11) is 0. The molecule has 1 fully saturated rings. The van der Waals surface area contributed by atoms with Crippen molar-refractivity contribution < 1.29 is 9.18 Å². The van der Waals surface area contributed by atoms with E-state index in [2.05, 4.69) is 12.6 Å². The van der Waals surface area contributed by atoms with Gasteiger partial charge in [-0.05, 0) is 24.3 Å². The van der Waals surface area contributed by atoms with Gasteiger partial charge in [0.25, 0.3) is 0 Å². The van der Waals surface area contributed by atoms with Crippen LogP contribution >= 0.6 is 12.6 Å². The second-order valence-electron chi connectivity index (χ2n) is 3.34. The number of anilines is 1. The van der Waals surface area contributed by atoms with Gasteiger partial charge in [0.15, 0.2) is 0 Å². The minimum atomic E-state index is -0.289. The molecule has 1 atom stereocenters. The molecule has 0 N–H and O–H groups in total. The Morgan fingerprint density at radius 3 is 2.50 bits per heavy atom. The highest BCUT2D eigenvalue weighted by Crippen LogP contribution is 2.23. The molecule has 1 aliphatic heterocycles. The van der Waals surface area contributed by atoms with Crippen LogP contribution in [0.15, 0.2) is 24.3 Å². The minimum Gasteiger partial charge on any atom is -0.311 e. The number of hydrogen-bond donors (Lipinski definition) is 1. The van der Waals surface area contributed by atoms with E-state index in [0.717, 1.165) is 5.69 Å². The topological polar surface area (TPSA) is 20.3 Å². The number of halogens is 1. The van der Waals surface area contributed by atoms with Crippen LogP contribution in [0.4, 0.5) is 10.1 Å². The normalized spacial score (nSPS) is 21.7. The van der Waals surface area contributed by atoms with Gasteiger partial charge in [0.2, 0.25) is 5.91 Å². The summed E-state index contributed by atoms with van der Waals surface area (Å²) in [5.74, 6) is -0.237. The van der Waals surface area contributed by atoms with Crippen LogP contribution in [-0.4, -0.2) is 17.7 Å². The van der Waals surface area contributed by atoms with Crippen molar-refractivity contribution in [1.82, 2.24) is 0 Å². The van der Waals surface area contributed by atoms with Gasteiger partial charge in [0.1, 0.15) is 5.82 Å². The summed E-state index contributed by atoms with van der Waals surface area (Å²) < 4.78 is 12.6. The molecule has 0 spiro atoms. The summed E-state index contributed by atoms with van der Waals surface area (Å²) >= 11 is 4.24. The van der Waals surface area contributed by atoms with Crippen molar-refractivity contribution >= 4 is 24.2 Å². The lowest BCUT2D eigenvalue weighted by Gasteiger charge is -2.15. The molecule has 1 aromatic carbocycles.